The highest BCUT2D eigenvalue weighted by Gasteiger charge is 2.51. The van der Waals surface area contributed by atoms with Crippen LogP contribution in [0.5, 0.6) is 0 Å². The number of ether oxygens (including phenoxy) is 1. The summed E-state index contributed by atoms with van der Waals surface area (Å²) in [6, 6.07) is 2.15. The van der Waals surface area contributed by atoms with Gasteiger partial charge in [0.2, 0.25) is 0 Å². The van der Waals surface area contributed by atoms with Crippen LogP contribution in [0.2, 0.25) is 0 Å². The third-order valence-corrected chi connectivity index (χ3v) is 4.33. The molecule has 0 bridgehead atoms. The molecule has 1 amide bonds. The topological polar surface area (TPSA) is 70.4 Å². The van der Waals surface area contributed by atoms with Gasteiger partial charge in [0.1, 0.15) is 5.92 Å². The molecule has 0 unspecified atom stereocenters. The van der Waals surface area contributed by atoms with Gasteiger partial charge < -0.3 is 4.74 Å². The van der Waals surface area contributed by atoms with Crippen LogP contribution in [0.4, 0.5) is 4.79 Å². The monoisotopic (exact) mass is 262 g/mol. The second-order valence-corrected chi connectivity index (χ2v) is 5.06. The number of fused-ring (bicyclic) bond motifs is 1. The molecule has 2 rings (SSSR count). The van der Waals surface area contributed by atoms with Gasteiger partial charge in [-0.25, -0.2) is 4.79 Å². The van der Waals surface area contributed by atoms with E-state index in [4.69, 9.17) is 4.74 Å². The van der Waals surface area contributed by atoms with Crippen LogP contribution in [-0.2, 0) is 9.53 Å². The first-order valence-electron chi connectivity index (χ1n) is 6.59. The molecule has 0 radical (unpaired) electrons. The first-order chi connectivity index (χ1) is 9.10. The van der Waals surface area contributed by atoms with Crippen molar-refractivity contribution in [3.63, 3.8) is 0 Å². The van der Waals surface area contributed by atoms with E-state index in [1.54, 1.807) is 11.0 Å². The minimum atomic E-state index is -0.648. The molecule has 0 saturated carbocycles. The molecule has 0 aromatic carbocycles. The zero-order valence-electron chi connectivity index (χ0n) is 11.3. The number of hydrogen-bond donors (Lipinski definition) is 0. The van der Waals surface area contributed by atoms with Crippen molar-refractivity contribution in [2.24, 2.45) is 11.3 Å². The Morgan fingerprint density at radius 2 is 2.42 bits per heavy atom. The fourth-order valence-corrected chi connectivity index (χ4v) is 3.36. The SMILES string of the molecule is CC[C@@]12CCCN(C(=O)OC)C1=CCC(=O)[C@H]2C#N. The average Bonchev–Trinajstić information content (AvgIpc) is 2.45. The molecule has 0 aromatic rings. The summed E-state index contributed by atoms with van der Waals surface area (Å²) in [5, 5.41) is 9.35. The van der Waals surface area contributed by atoms with Crippen molar-refractivity contribution in [2.75, 3.05) is 13.7 Å². The summed E-state index contributed by atoms with van der Waals surface area (Å²) in [5.74, 6) is -0.690. The van der Waals surface area contributed by atoms with Gasteiger partial charge in [0, 0.05) is 24.1 Å². The van der Waals surface area contributed by atoms with E-state index in [9.17, 15) is 14.9 Å². The van der Waals surface area contributed by atoms with Gasteiger partial charge in [-0.1, -0.05) is 13.0 Å². The molecule has 5 heteroatoms. The second-order valence-electron chi connectivity index (χ2n) is 5.06. The summed E-state index contributed by atoms with van der Waals surface area (Å²) in [6.45, 7) is 2.56. The van der Waals surface area contributed by atoms with Crippen molar-refractivity contribution in [1.82, 2.24) is 4.90 Å². The Morgan fingerprint density at radius 3 is 3.00 bits per heavy atom. The number of rotatable bonds is 1. The van der Waals surface area contributed by atoms with Gasteiger partial charge >= 0.3 is 6.09 Å². The van der Waals surface area contributed by atoms with E-state index in [-0.39, 0.29) is 12.2 Å². The zero-order chi connectivity index (χ0) is 14.0. The molecule has 2 aliphatic rings. The van der Waals surface area contributed by atoms with E-state index >= 15 is 0 Å². The third kappa shape index (κ3) is 1.92. The van der Waals surface area contributed by atoms with E-state index in [0.717, 1.165) is 18.5 Å². The van der Waals surface area contributed by atoms with Gasteiger partial charge in [0.05, 0.1) is 13.2 Å². The maximum Gasteiger partial charge on any atom is 0.413 e. The molecule has 0 spiro atoms. The van der Waals surface area contributed by atoms with E-state index in [1.807, 2.05) is 6.92 Å². The quantitative estimate of drug-likeness (QED) is 0.726. The first-order valence-corrected chi connectivity index (χ1v) is 6.59. The van der Waals surface area contributed by atoms with Gasteiger partial charge in [-0.15, -0.1) is 0 Å². The molecule has 19 heavy (non-hydrogen) atoms. The predicted octanol–water partition coefficient (Wildman–Crippen LogP) is 2.24. The minimum absolute atomic E-state index is 0.0418. The number of likely N-dealkylation sites (tertiary alicyclic amines) is 1. The number of hydrogen-bond acceptors (Lipinski definition) is 4. The van der Waals surface area contributed by atoms with Gasteiger partial charge in [-0.3, -0.25) is 9.69 Å². The molecule has 1 saturated heterocycles. The smallest absolute Gasteiger partial charge is 0.413 e. The van der Waals surface area contributed by atoms with Crippen molar-refractivity contribution in [3.05, 3.63) is 11.8 Å². The van der Waals surface area contributed by atoms with Crippen molar-refractivity contribution in [2.45, 2.75) is 32.6 Å². The van der Waals surface area contributed by atoms with Crippen LogP contribution >= 0.6 is 0 Å². The van der Waals surface area contributed by atoms with Crippen LogP contribution in [-0.4, -0.2) is 30.4 Å². The third-order valence-electron chi connectivity index (χ3n) is 4.33. The van der Waals surface area contributed by atoms with Crippen LogP contribution in [0.25, 0.3) is 0 Å². The van der Waals surface area contributed by atoms with Crippen LogP contribution in [0, 0.1) is 22.7 Å². The molecule has 0 N–H and O–H groups in total. The first kappa shape index (κ1) is 13.6. The Balaban J connectivity index is 2.48. The highest BCUT2D eigenvalue weighted by atomic mass is 16.5. The number of carbonyl (C=O) groups excluding carboxylic acids is 2. The normalized spacial score (nSPS) is 30.2. The molecule has 0 aromatic heterocycles. The number of Topliss-reactive ketones (excluding diaryl/α,β-unsaturated/α-hetero) is 1. The molecular formula is C14H18N2O3. The molecule has 1 fully saturated rings. The van der Waals surface area contributed by atoms with Gasteiger partial charge in [-0.2, -0.15) is 5.26 Å². The van der Waals surface area contributed by atoms with E-state index in [2.05, 4.69) is 6.07 Å². The Kier molecular flexibility index (Phi) is 3.61. The maximum atomic E-state index is 12.0. The predicted molar refractivity (Wildman–Crippen MR) is 67.9 cm³/mol. The molecule has 1 heterocycles. The molecule has 102 valence electrons. The lowest BCUT2D eigenvalue weighted by Gasteiger charge is -2.48. The highest BCUT2D eigenvalue weighted by molar-refractivity contribution is 5.88. The standard InChI is InChI=1S/C14H18N2O3/c1-3-14-7-4-8-16(13(18)19-2)12(14)6-5-11(17)10(14)9-15/h6,10H,3-5,7-8H2,1-2H3/t10-,14+/m1/s1. The van der Waals surface area contributed by atoms with Gasteiger partial charge in [0.15, 0.2) is 5.78 Å². The van der Waals surface area contributed by atoms with Crippen molar-refractivity contribution < 1.29 is 14.3 Å². The number of amides is 1. The largest absolute Gasteiger partial charge is 0.452 e. The maximum absolute atomic E-state index is 12.0. The molecule has 1 aliphatic heterocycles. The summed E-state index contributed by atoms with van der Waals surface area (Å²) in [5.41, 5.74) is 0.288. The summed E-state index contributed by atoms with van der Waals surface area (Å²) in [7, 11) is 1.35. The Bertz CT molecular complexity index is 478. The fourth-order valence-electron chi connectivity index (χ4n) is 3.36. The lowest BCUT2D eigenvalue weighted by molar-refractivity contribution is -0.125. The van der Waals surface area contributed by atoms with E-state index in [0.29, 0.717) is 13.0 Å². The number of methoxy groups -OCH3 is 1. The Morgan fingerprint density at radius 1 is 1.68 bits per heavy atom. The number of allylic oxidation sites excluding steroid dienone is 2. The zero-order valence-corrected chi connectivity index (χ0v) is 11.3. The number of nitriles is 1. The highest BCUT2D eigenvalue weighted by Crippen LogP contribution is 2.50. The average molecular weight is 262 g/mol. The Hall–Kier alpha value is -1.83. The minimum Gasteiger partial charge on any atom is -0.452 e. The van der Waals surface area contributed by atoms with Crippen LogP contribution < -0.4 is 0 Å². The number of carbonyl (C=O) groups is 2. The Labute approximate surface area is 112 Å². The number of ketones is 1. The van der Waals surface area contributed by atoms with Crippen molar-refractivity contribution in [3.8, 4) is 6.07 Å². The molecule has 1 aliphatic carbocycles. The van der Waals surface area contributed by atoms with Crippen molar-refractivity contribution >= 4 is 11.9 Å². The molecule has 5 nitrogen and oxygen atoms in total. The summed E-state index contributed by atoms with van der Waals surface area (Å²) < 4.78 is 4.80. The summed E-state index contributed by atoms with van der Waals surface area (Å²) in [6.07, 6.45) is 3.85. The lowest BCUT2D eigenvalue weighted by Crippen LogP contribution is -2.50. The molecular weight excluding hydrogens is 244 g/mol. The van der Waals surface area contributed by atoms with Crippen LogP contribution in [0.1, 0.15) is 32.6 Å². The van der Waals surface area contributed by atoms with E-state index < -0.39 is 17.4 Å². The summed E-state index contributed by atoms with van der Waals surface area (Å²) in [4.78, 5) is 25.4. The second kappa shape index (κ2) is 5.04. The fraction of sp³-hybridized carbons (Fsp3) is 0.643. The number of piperidine rings is 1. The van der Waals surface area contributed by atoms with E-state index in [1.165, 1.54) is 7.11 Å². The van der Waals surface area contributed by atoms with Crippen LogP contribution in [0.3, 0.4) is 0 Å². The van der Waals surface area contributed by atoms with Gasteiger partial charge in [-0.05, 0) is 19.3 Å². The van der Waals surface area contributed by atoms with Crippen LogP contribution in [0.15, 0.2) is 11.8 Å². The summed E-state index contributed by atoms with van der Waals surface area (Å²) >= 11 is 0. The molecule has 2 atom stereocenters. The van der Waals surface area contributed by atoms with Crippen molar-refractivity contribution in [1.29, 1.82) is 5.26 Å². The van der Waals surface area contributed by atoms with Gasteiger partial charge in [0.25, 0.3) is 0 Å². The lowest BCUT2D eigenvalue weighted by atomic mass is 9.62. The number of nitrogens with zero attached hydrogens (tertiary/aromatic N) is 2.